The lowest BCUT2D eigenvalue weighted by Crippen LogP contribution is -1.97. The summed E-state index contributed by atoms with van der Waals surface area (Å²) >= 11 is 11.9. The third-order valence-corrected chi connectivity index (χ3v) is 3.69. The van der Waals surface area contributed by atoms with Crippen molar-refractivity contribution in [3.8, 4) is 5.75 Å². The number of Topliss-reactive ketones (excluding diaryl/α,β-unsaturated/α-hetero) is 1. The fourth-order valence-corrected chi connectivity index (χ4v) is 2.34. The molecular formula is C17H16Cl2O2. The Balaban J connectivity index is 1.92. The normalized spacial score (nSPS) is 10.4. The van der Waals surface area contributed by atoms with Crippen LogP contribution in [-0.2, 0) is 17.8 Å². The molecule has 0 N–H and O–H groups in total. The van der Waals surface area contributed by atoms with Crippen molar-refractivity contribution in [2.45, 2.75) is 26.4 Å². The lowest BCUT2D eigenvalue weighted by Gasteiger charge is -2.09. The topological polar surface area (TPSA) is 26.3 Å². The quantitative estimate of drug-likeness (QED) is 0.740. The predicted molar refractivity (Wildman–Crippen MR) is 86.2 cm³/mol. The summed E-state index contributed by atoms with van der Waals surface area (Å²) in [6, 6.07) is 13.1. The van der Waals surface area contributed by atoms with Crippen LogP contribution in [0.3, 0.4) is 0 Å². The Morgan fingerprint density at radius 3 is 2.43 bits per heavy atom. The van der Waals surface area contributed by atoms with Gasteiger partial charge in [-0.05, 0) is 43.2 Å². The van der Waals surface area contributed by atoms with E-state index in [4.69, 9.17) is 27.9 Å². The van der Waals surface area contributed by atoms with Gasteiger partial charge < -0.3 is 9.53 Å². The Bertz CT molecular complexity index is 621. The van der Waals surface area contributed by atoms with Crippen molar-refractivity contribution < 1.29 is 9.53 Å². The van der Waals surface area contributed by atoms with E-state index in [1.165, 1.54) is 0 Å². The molecule has 2 nitrogen and oxygen atoms in total. The molecule has 0 aliphatic heterocycles. The number of benzene rings is 2. The van der Waals surface area contributed by atoms with Gasteiger partial charge in [-0.1, -0.05) is 41.4 Å². The molecule has 2 rings (SSSR count). The van der Waals surface area contributed by atoms with Crippen LogP contribution in [0.15, 0.2) is 42.5 Å². The number of carbonyl (C=O) groups is 1. The lowest BCUT2D eigenvalue weighted by molar-refractivity contribution is -0.116. The fraction of sp³-hybridized carbons (Fsp3) is 0.235. The number of aryl methyl sites for hydroxylation is 1. The Labute approximate surface area is 134 Å². The molecule has 0 aliphatic carbocycles. The minimum Gasteiger partial charge on any atom is -0.489 e. The summed E-state index contributed by atoms with van der Waals surface area (Å²) < 4.78 is 5.70. The number of ether oxygens (including phenoxy) is 1. The van der Waals surface area contributed by atoms with Gasteiger partial charge in [0.2, 0.25) is 0 Å². The second kappa shape index (κ2) is 7.48. The fourth-order valence-electron chi connectivity index (χ4n) is 1.87. The molecule has 0 saturated carbocycles. The van der Waals surface area contributed by atoms with Crippen molar-refractivity contribution in [2.75, 3.05) is 0 Å². The van der Waals surface area contributed by atoms with E-state index in [1.54, 1.807) is 19.1 Å². The Morgan fingerprint density at radius 1 is 1.10 bits per heavy atom. The molecule has 0 radical (unpaired) electrons. The zero-order valence-electron chi connectivity index (χ0n) is 11.7. The van der Waals surface area contributed by atoms with E-state index in [1.807, 2.05) is 30.3 Å². The van der Waals surface area contributed by atoms with E-state index in [0.29, 0.717) is 23.1 Å². The summed E-state index contributed by atoms with van der Waals surface area (Å²) in [4.78, 5) is 11.0. The Morgan fingerprint density at radius 2 is 1.81 bits per heavy atom. The number of hydrogen-bond donors (Lipinski definition) is 0. The van der Waals surface area contributed by atoms with Crippen molar-refractivity contribution in [3.05, 3.63) is 63.6 Å². The van der Waals surface area contributed by atoms with Crippen molar-refractivity contribution in [2.24, 2.45) is 0 Å². The minimum atomic E-state index is 0.202. The van der Waals surface area contributed by atoms with Crippen LogP contribution in [0.4, 0.5) is 0 Å². The van der Waals surface area contributed by atoms with Crippen LogP contribution in [0.1, 0.15) is 24.5 Å². The van der Waals surface area contributed by atoms with Crippen LogP contribution in [0, 0.1) is 0 Å². The van der Waals surface area contributed by atoms with E-state index in [0.717, 1.165) is 23.3 Å². The average Bonchev–Trinajstić information content (AvgIpc) is 2.45. The van der Waals surface area contributed by atoms with Gasteiger partial charge in [0.1, 0.15) is 18.1 Å². The number of rotatable bonds is 6. The summed E-state index contributed by atoms with van der Waals surface area (Å²) in [5.41, 5.74) is 2.02. The maximum absolute atomic E-state index is 11.0. The zero-order chi connectivity index (χ0) is 15.2. The molecule has 0 atom stereocenters. The van der Waals surface area contributed by atoms with Gasteiger partial charge >= 0.3 is 0 Å². The molecule has 0 heterocycles. The average molecular weight is 323 g/mol. The zero-order valence-corrected chi connectivity index (χ0v) is 13.2. The summed E-state index contributed by atoms with van der Waals surface area (Å²) in [6.07, 6.45) is 1.33. The molecule has 0 amide bonds. The van der Waals surface area contributed by atoms with E-state index in [-0.39, 0.29) is 5.78 Å². The Kier molecular flexibility index (Phi) is 5.66. The highest BCUT2D eigenvalue weighted by Crippen LogP contribution is 2.23. The molecule has 0 unspecified atom stereocenters. The largest absolute Gasteiger partial charge is 0.489 e. The van der Waals surface area contributed by atoms with Gasteiger partial charge in [-0.15, -0.1) is 0 Å². The molecule has 0 spiro atoms. The van der Waals surface area contributed by atoms with E-state index in [2.05, 4.69) is 0 Å². The molecule has 21 heavy (non-hydrogen) atoms. The minimum absolute atomic E-state index is 0.202. The van der Waals surface area contributed by atoms with Crippen LogP contribution >= 0.6 is 23.2 Å². The van der Waals surface area contributed by atoms with Crippen LogP contribution in [0.5, 0.6) is 5.75 Å². The first-order chi connectivity index (χ1) is 10.0. The predicted octanol–water partition coefficient (Wildman–Crippen LogP) is 5.09. The molecule has 0 saturated heterocycles. The molecule has 2 aromatic rings. The van der Waals surface area contributed by atoms with Crippen molar-refractivity contribution >= 4 is 29.0 Å². The first-order valence-corrected chi connectivity index (χ1v) is 7.45. The molecule has 0 fully saturated rings. The van der Waals surface area contributed by atoms with Gasteiger partial charge in [0, 0.05) is 22.0 Å². The van der Waals surface area contributed by atoms with Crippen LogP contribution < -0.4 is 4.74 Å². The van der Waals surface area contributed by atoms with Crippen molar-refractivity contribution in [1.82, 2.24) is 0 Å². The van der Waals surface area contributed by atoms with Gasteiger partial charge in [-0.2, -0.15) is 0 Å². The highest BCUT2D eigenvalue weighted by molar-refractivity contribution is 6.35. The highest BCUT2D eigenvalue weighted by Gasteiger charge is 2.03. The number of halogens is 2. The van der Waals surface area contributed by atoms with Crippen molar-refractivity contribution in [1.29, 1.82) is 0 Å². The molecule has 0 bridgehead atoms. The SMILES string of the molecule is CC(=O)CCc1ccc(OCc2ccc(Cl)cc2Cl)cc1. The summed E-state index contributed by atoms with van der Waals surface area (Å²) in [6.45, 7) is 2.00. The highest BCUT2D eigenvalue weighted by atomic mass is 35.5. The number of ketones is 1. The van der Waals surface area contributed by atoms with Gasteiger partial charge in [0.25, 0.3) is 0 Å². The summed E-state index contributed by atoms with van der Waals surface area (Å²) in [5, 5.41) is 1.21. The smallest absolute Gasteiger partial charge is 0.130 e. The monoisotopic (exact) mass is 322 g/mol. The number of hydrogen-bond acceptors (Lipinski definition) is 2. The third-order valence-electron chi connectivity index (χ3n) is 3.10. The molecule has 0 aromatic heterocycles. The second-order valence-electron chi connectivity index (χ2n) is 4.87. The van der Waals surface area contributed by atoms with Gasteiger partial charge in [-0.25, -0.2) is 0 Å². The molecular weight excluding hydrogens is 307 g/mol. The van der Waals surface area contributed by atoms with E-state index < -0.39 is 0 Å². The van der Waals surface area contributed by atoms with E-state index >= 15 is 0 Å². The maximum atomic E-state index is 11.0. The van der Waals surface area contributed by atoms with Gasteiger partial charge in [0.05, 0.1) is 0 Å². The summed E-state index contributed by atoms with van der Waals surface area (Å²) in [7, 11) is 0. The molecule has 0 aliphatic rings. The second-order valence-corrected chi connectivity index (χ2v) is 5.71. The van der Waals surface area contributed by atoms with Crippen LogP contribution in [-0.4, -0.2) is 5.78 Å². The Hall–Kier alpha value is -1.51. The van der Waals surface area contributed by atoms with Crippen molar-refractivity contribution in [3.63, 3.8) is 0 Å². The maximum Gasteiger partial charge on any atom is 0.130 e. The van der Waals surface area contributed by atoms with Gasteiger partial charge in [0.15, 0.2) is 0 Å². The standard InChI is InChI=1S/C17H16Cl2O2/c1-12(20)2-3-13-4-8-16(9-5-13)21-11-14-6-7-15(18)10-17(14)19/h4-10H,2-3,11H2,1H3. The number of carbonyl (C=O) groups excluding carboxylic acids is 1. The molecule has 4 heteroatoms. The lowest BCUT2D eigenvalue weighted by atomic mass is 10.1. The van der Waals surface area contributed by atoms with Crippen LogP contribution in [0.25, 0.3) is 0 Å². The third kappa shape index (κ3) is 5.07. The molecule has 110 valence electrons. The first kappa shape index (κ1) is 15.9. The summed E-state index contributed by atoms with van der Waals surface area (Å²) in [5.74, 6) is 0.972. The first-order valence-electron chi connectivity index (χ1n) is 6.69. The van der Waals surface area contributed by atoms with Crippen LogP contribution in [0.2, 0.25) is 10.0 Å². The van der Waals surface area contributed by atoms with E-state index in [9.17, 15) is 4.79 Å². The molecule has 2 aromatic carbocycles. The van der Waals surface area contributed by atoms with Gasteiger partial charge in [-0.3, -0.25) is 0 Å².